The van der Waals surface area contributed by atoms with E-state index in [1.165, 1.54) is 6.26 Å². The second-order valence-corrected chi connectivity index (χ2v) is 5.87. The molecular weight excluding hydrogens is 293 g/mol. The van der Waals surface area contributed by atoms with Gasteiger partial charge in [-0.2, -0.15) is 0 Å². The molecular formula is C11H13BrClNO2. The van der Waals surface area contributed by atoms with Gasteiger partial charge in [0.15, 0.2) is 0 Å². The van der Waals surface area contributed by atoms with Crippen molar-refractivity contribution in [2.45, 2.75) is 17.7 Å². The smallest absolute Gasteiger partial charge is 0.258 e. The zero-order chi connectivity index (χ0) is 11.7. The lowest BCUT2D eigenvalue weighted by Crippen LogP contribution is -2.37. The molecule has 1 amide bonds. The lowest BCUT2D eigenvalue weighted by Gasteiger charge is -2.34. The molecule has 1 heterocycles. The summed E-state index contributed by atoms with van der Waals surface area (Å²) in [7, 11) is 1.80. The fraction of sp³-hybridized carbons (Fsp3) is 0.545. The van der Waals surface area contributed by atoms with Crippen LogP contribution in [0.2, 0.25) is 5.22 Å². The Morgan fingerprint density at radius 1 is 1.69 bits per heavy atom. The number of rotatable bonds is 3. The first-order chi connectivity index (χ1) is 7.58. The highest BCUT2D eigenvalue weighted by Gasteiger charge is 2.29. The predicted molar refractivity (Wildman–Crippen MR) is 66.1 cm³/mol. The number of hydrogen-bond acceptors (Lipinski definition) is 2. The minimum Gasteiger partial charge on any atom is -0.452 e. The Labute approximate surface area is 108 Å². The monoisotopic (exact) mass is 305 g/mol. The minimum absolute atomic E-state index is 0.0724. The van der Waals surface area contributed by atoms with E-state index in [0.29, 0.717) is 16.3 Å². The van der Waals surface area contributed by atoms with Crippen LogP contribution in [-0.2, 0) is 0 Å². The van der Waals surface area contributed by atoms with Crippen LogP contribution >= 0.6 is 27.5 Å². The van der Waals surface area contributed by atoms with Crippen molar-refractivity contribution in [2.75, 3.05) is 13.6 Å². The third-order valence-electron chi connectivity index (χ3n) is 2.91. The largest absolute Gasteiger partial charge is 0.452 e. The number of nitrogens with zero attached hydrogens (tertiary/aromatic N) is 1. The first-order valence-corrected chi connectivity index (χ1v) is 6.50. The summed E-state index contributed by atoms with van der Waals surface area (Å²) in [5, 5.41) is 0.170. The van der Waals surface area contributed by atoms with Crippen LogP contribution in [0.1, 0.15) is 23.2 Å². The molecule has 0 spiro atoms. The summed E-state index contributed by atoms with van der Waals surface area (Å²) in [6.45, 7) is 0.780. The molecule has 0 atom stereocenters. The fourth-order valence-corrected chi connectivity index (χ4v) is 3.18. The number of furan rings is 1. The van der Waals surface area contributed by atoms with E-state index < -0.39 is 0 Å². The van der Waals surface area contributed by atoms with E-state index >= 15 is 0 Å². The van der Waals surface area contributed by atoms with E-state index in [2.05, 4.69) is 15.9 Å². The summed E-state index contributed by atoms with van der Waals surface area (Å²) in [4.78, 5) is 14.3. The summed E-state index contributed by atoms with van der Waals surface area (Å²) in [5.41, 5.74) is 0.443. The van der Waals surface area contributed by atoms with Gasteiger partial charge in [-0.25, -0.2) is 0 Å². The molecule has 0 N–H and O–H groups in total. The third kappa shape index (κ3) is 2.43. The molecule has 0 aromatic carbocycles. The fourth-order valence-electron chi connectivity index (χ4n) is 1.93. The first kappa shape index (κ1) is 12.0. The van der Waals surface area contributed by atoms with Crippen molar-refractivity contribution in [3.8, 4) is 0 Å². The zero-order valence-corrected chi connectivity index (χ0v) is 11.3. The molecule has 88 valence electrons. The van der Waals surface area contributed by atoms with Crippen molar-refractivity contribution in [1.82, 2.24) is 4.90 Å². The van der Waals surface area contributed by atoms with Crippen molar-refractivity contribution >= 4 is 33.4 Å². The van der Waals surface area contributed by atoms with Gasteiger partial charge in [0, 0.05) is 18.4 Å². The van der Waals surface area contributed by atoms with Crippen LogP contribution in [0, 0.1) is 5.92 Å². The number of alkyl halides is 1. The second-order valence-electron chi connectivity index (χ2n) is 4.23. The normalized spacial score (nSPS) is 23.9. The van der Waals surface area contributed by atoms with Crippen molar-refractivity contribution in [3.05, 3.63) is 23.1 Å². The summed E-state index contributed by atoms with van der Waals surface area (Å²) in [6, 6.07) is 1.61. The summed E-state index contributed by atoms with van der Waals surface area (Å²) in [5.74, 6) is 0.528. The maximum Gasteiger partial charge on any atom is 0.258 e. The number of carbonyl (C=O) groups is 1. The van der Waals surface area contributed by atoms with Crippen LogP contribution in [-0.4, -0.2) is 29.2 Å². The summed E-state index contributed by atoms with van der Waals surface area (Å²) < 4.78 is 4.91. The lowest BCUT2D eigenvalue weighted by atomic mass is 9.85. The topological polar surface area (TPSA) is 33.5 Å². The highest BCUT2D eigenvalue weighted by molar-refractivity contribution is 9.09. The zero-order valence-electron chi connectivity index (χ0n) is 8.95. The van der Waals surface area contributed by atoms with Crippen LogP contribution in [0.15, 0.2) is 16.7 Å². The molecule has 0 unspecified atom stereocenters. The Bertz CT molecular complexity index is 387. The maximum atomic E-state index is 12.0. The third-order valence-corrected chi connectivity index (χ3v) is 3.95. The molecule has 1 aromatic rings. The molecule has 3 nitrogen and oxygen atoms in total. The Morgan fingerprint density at radius 2 is 2.38 bits per heavy atom. The van der Waals surface area contributed by atoms with Gasteiger partial charge in [-0.15, -0.1) is 0 Å². The van der Waals surface area contributed by atoms with E-state index in [1.807, 2.05) is 0 Å². The molecule has 5 heteroatoms. The van der Waals surface area contributed by atoms with Crippen LogP contribution in [0.4, 0.5) is 0 Å². The van der Waals surface area contributed by atoms with Gasteiger partial charge >= 0.3 is 0 Å². The van der Waals surface area contributed by atoms with Gasteiger partial charge in [0.05, 0.1) is 11.8 Å². The quantitative estimate of drug-likeness (QED) is 0.804. The Morgan fingerprint density at radius 3 is 2.88 bits per heavy atom. The van der Waals surface area contributed by atoms with Gasteiger partial charge in [-0.05, 0) is 36.4 Å². The van der Waals surface area contributed by atoms with Crippen molar-refractivity contribution in [2.24, 2.45) is 5.92 Å². The van der Waals surface area contributed by atoms with Crippen molar-refractivity contribution in [3.63, 3.8) is 0 Å². The second kappa shape index (κ2) is 4.80. The van der Waals surface area contributed by atoms with Crippen molar-refractivity contribution < 1.29 is 9.21 Å². The predicted octanol–water partition coefficient (Wildman–Crippen LogP) is 3.18. The van der Waals surface area contributed by atoms with E-state index in [9.17, 15) is 4.79 Å². The Hall–Kier alpha value is -0.480. The van der Waals surface area contributed by atoms with Gasteiger partial charge < -0.3 is 9.32 Å². The molecule has 1 saturated carbocycles. The lowest BCUT2D eigenvalue weighted by molar-refractivity contribution is 0.0748. The molecule has 0 bridgehead atoms. The molecule has 0 aliphatic heterocycles. The van der Waals surface area contributed by atoms with Gasteiger partial charge in [-0.1, -0.05) is 15.9 Å². The number of amides is 1. The minimum atomic E-state index is -0.0724. The summed E-state index contributed by atoms with van der Waals surface area (Å²) in [6.07, 6.45) is 3.70. The van der Waals surface area contributed by atoms with Gasteiger partial charge in [-0.3, -0.25) is 4.79 Å². The highest BCUT2D eigenvalue weighted by Crippen LogP contribution is 2.33. The van der Waals surface area contributed by atoms with Crippen LogP contribution < -0.4 is 0 Å². The van der Waals surface area contributed by atoms with E-state index in [0.717, 1.165) is 19.4 Å². The van der Waals surface area contributed by atoms with Gasteiger partial charge in [0.25, 0.3) is 5.91 Å². The average Bonchev–Trinajstić information content (AvgIpc) is 2.61. The van der Waals surface area contributed by atoms with E-state index in [-0.39, 0.29) is 11.1 Å². The van der Waals surface area contributed by atoms with Crippen LogP contribution in [0.25, 0.3) is 0 Å². The molecule has 1 aliphatic rings. The van der Waals surface area contributed by atoms with E-state index in [4.69, 9.17) is 16.0 Å². The molecule has 1 fully saturated rings. The van der Waals surface area contributed by atoms with E-state index in [1.54, 1.807) is 18.0 Å². The first-order valence-electron chi connectivity index (χ1n) is 5.20. The van der Waals surface area contributed by atoms with Gasteiger partial charge in [0.1, 0.15) is 0 Å². The molecule has 0 radical (unpaired) electrons. The number of halogens is 2. The maximum absolute atomic E-state index is 12.0. The standard InChI is InChI=1S/C11H13BrClNO2/c1-14(6-7-4-8(12)5-7)11(15)9-2-3-16-10(9)13/h2-3,7-8H,4-6H2,1H3. The molecule has 1 aliphatic carbocycles. The number of hydrogen-bond donors (Lipinski definition) is 0. The Kier molecular flexibility index (Phi) is 3.60. The Balaban J connectivity index is 1.92. The van der Waals surface area contributed by atoms with Crippen molar-refractivity contribution in [1.29, 1.82) is 0 Å². The molecule has 16 heavy (non-hydrogen) atoms. The highest BCUT2D eigenvalue weighted by atomic mass is 79.9. The molecule has 2 rings (SSSR count). The van der Waals surface area contributed by atoms with Crippen LogP contribution in [0.5, 0.6) is 0 Å². The average molecular weight is 307 g/mol. The SMILES string of the molecule is CN(CC1CC(Br)C1)C(=O)c1ccoc1Cl. The molecule has 1 aromatic heterocycles. The molecule has 0 saturated heterocycles. The van der Waals surface area contributed by atoms with Crippen LogP contribution in [0.3, 0.4) is 0 Å². The summed E-state index contributed by atoms with van der Waals surface area (Å²) >= 11 is 9.30. The van der Waals surface area contributed by atoms with Gasteiger partial charge in [0.2, 0.25) is 5.22 Å². The number of carbonyl (C=O) groups excluding carboxylic acids is 1.